The summed E-state index contributed by atoms with van der Waals surface area (Å²) in [6, 6.07) is 0. The Balaban J connectivity index is 3.02. The summed E-state index contributed by atoms with van der Waals surface area (Å²) in [6.45, 7) is 11.7. The zero-order valence-corrected chi connectivity index (χ0v) is 11.8. The highest BCUT2D eigenvalue weighted by Crippen LogP contribution is 2.26. The van der Waals surface area contributed by atoms with E-state index in [-0.39, 0.29) is 0 Å². The molecule has 0 unspecified atom stereocenters. The van der Waals surface area contributed by atoms with Gasteiger partial charge in [-0.1, -0.05) is 41.0 Å². The molecule has 3 heteroatoms. The summed E-state index contributed by atoms with van der Waals surface area (Å²) < 4.78 is 2.00. The fourth-order valence-corrected chi connectivity index (χ4v) is 2.03. The van der Waals surface area contributed by atoms with Crippen molar-refractivity contribution >= 4 is 0 Å². The Morgan fingerprint density at radius 3 is 2.29 bits per heavy atom. The third-order valence-corrected chi connectivity index (χ3v) is 2.73. The predicted molar refractivity (Wildman–Crippen MR) is 71.3 cm³/mol. The van der Waals surface area contributed by atoms with Crippen LogP contribution < -0.4 is 0 Å². The van der Waals surface area contributed by atoms with Crippen LogP contribution >= 0.6 is 0 Å². The van der Waals surface area contributed by atoms with Gasteiger partial charge in [0, 0.05) is 6.54 Å². The molecule has 1 rings (SSSR count). The van der Waals surface area contributed by atoms with E-state index in [1.54, 1.807) is 0 Å². The van der Waals surface area contributed by atoms with Crippen molar-refractivity contribution < 1.29 is 5.11 Å². The number of rotatable bonds is 6. The van der Waals surface area contributed by atoms with Crippen molar-refractivity contribution in [2.75, 3.05) is 0 Å². The monoisotopic (exact) mass is 238 g/mol. The summed E-state index contributed by atoms with van der Waals surface area (Å²) in [7, 11) is 0. The van der Waals surface area contributed by atoms with Gasteiger partial charge in [-0.15, -0.1) is 0 Å². The number of nitrogens with zero attached hydrogens (tertiary/aromatic N) is 2. The maximum absolute atomic E-state index is 10.2. The molecule has 1 N–H and O–H groups in total. The molecule has 0 aliphatic carbocycles. The average Bonchev–Trinajstić information content (AvgIpc) is 2.46. The van der Waals surface area contributed by atoms with Crippen LogP contribution in [0.4, 0.5) is 0 Å². The molecular formula is C14H26N2O. The number of aryl methyl sites for hydroxylation is 1. The van der Waals surface area contributed by atoms with E-state index in [4.69, 9.17) is 0 Å². The molecule has 1 aromatic rings. The number of hydrogen-bond acceptors (Lipinski definition) is 2. The minimum Gasteiger partial charge on any atom is -0.504 e. The maximum atomic E-state index is 10.2. The van der Waals surface area contributed by atoms with Crippen molar-refractivity contribution in [3.8, 4) is 5.75 Å². The lowest BCUT2D eigenvalue weighted by Crippen LogP contribution is -2.11. The number of aromatic hydroxyl groups is 1. The van der Waals surface area contributed by atoms with Gasteiger partial charge in [-0.25, -0.2) is 0 Å². The van der Waals surface area contributed by atoms with Crippen LogP contribution in [0.25, 0.3) is 0 Å². The topological polar surface area (TPSA) is 38.0 Å². The normalized spacial score (nSPS) is 11.7. The van der Waals surface area contributed by atoms with Gasteiger partial charge in [0.15, 0.2) is 5.75 Å². The molecule has 0 saturated carbocycles. The van der Waals surface area contributed by atoms with E-state index >= 15 is 0 Å². The van der Waals surface area contributed by atoms with Crippen LogP contribution in [-0.2, 0) is 19.4 Å². The van der Waals surface area contributed by atoms with Gasteiger partial charge in [-0.3, -0.25) is 4.68 Å². The minimum absolute atomic E-state index is 0.432. The van der Waals surface area contributed by atoms with Crippen LogP contribution in [0.1, 0.15) is 52.4 Å². The zero-order chi connectivity index (χ0) is 13.0. The largest absolute Gasteiger partial charge is 0.504 e. The molecule has 0 aliphatic rings. The Hall–Kier alpha value is -0.990. The van der Waals surface area contributed by atoms with E-state index in [0.717, 1.165) is 37.2 Å². The van der Waals surface area contributed by atoms with E-state index in [1.165, 1.54) is 0 Å². The van der Waals surface area contributed by atoms with Crippen molar-refractivity contribution in [1.82, 2.24) is 9.78 Å². The van der Waals surface area contributed by atoms with Gasteiger partial charge in [-0.2, -0.15) is 5.10 Å². The lowest BCUT2D eigenvalue weighted by Gasteiger charge is -2.11. The molecule has 1 aromatic heterocycles. The Labute approximate surface area is 105 Å². The van der Waals surface area contributed by atoms with Crippen molar-refractivity contribution in [3.63, 3.8) is 0 Å². The highest BCUT2D eigenvalue weighted by molar-refractivity contribution is 5.32. The third-order valence-electron chi connectivity index (χ3n) is 2.73. The van der Waals surface area contributed by atoms with Gasteiger partial charge >= 0.3 is 0 Å². The summed E-state index contributed by atoms with van der Waals surface area (Å²) in [5.74, 6) is 1.52. The van der Waals surface area contributed by atoms with E-state index in [0.29, 0.717) is 17.6 Å². The molecule has 0 fully saturated rings. The van der Waals surface area contributed by atoms with Gasteiger partial charge in [-0.05, 0) is 24.7 Å². The smallest absolute Gasteiger partial charge is 0.160 e. The quantitative estimate of drug-likeness (QED) is 0.825. The molecule has 0 radical (unpaired) electrons. The van der Waals surface area contributed by atoms with Gasteiger partial charge in [0.2, 0.25) is 0 Å². The third kappa shape index (κ3) is 3.76. The van der Waals surface area contributed by atoms with Gasteiger partial charge in [0.25, 0.3) is 0 Å². The fraction of sp³-hybridized carbons (Fsp3) is 0.786. The maximum Gasteiger partial charge on any atom is 0.160 e. The van der Waals surface area contributed by atoms with Gasteiger partial charge < -0.3 is 5.11 Å². The molecule has 0 bridgehead atoms. The van der Waals surface area contributed by atoms with Gasteiger partial charge in [0.05, 0.1) is 5.69 Å². The second-order valence-electron chi connectivity index (χ2n) is 5.67. The number of hydrogen-bond donors (Lipinski definition) is 1. The molecule has 3 nitrogen and oxygen atoms in total. The number of aromatic nitrogens is 2. The molecule has 0 spiro atoms. The highest BCUT2D eigenvalue weighted by Gasteiger charge is 2.17. The van der Waals surface area contributed by atoms with Crippen LogP contribution in [0, 0.1) is 11.8 Å². The zero-order valence-electron chi connectivity index (χ0n) is 11.8. The second kappa shape index (κ2) is 6.08. The van der Waals surface area contributed by atoms with Crippen LogP contribution in [0.2, 0.25) is 0 Å². The Morgan fingerprint density at radius 2 is 1.82 bits per heavy atom. The second-order valence-corrected chi connectivity index (χ2v) is 5.67. The summed E-state index contributed by atoms with van der Waals surface area (Å²) in [5.41, 5.74) is 1.88. The average molecular weight is 238 g/mol. The molecular weight excluding hydrogens is 212 g/mol. The van der Waals surface area contributed by atoms with E-state index in [1.807, 2.05) is 4.68 Å². The molecule has 0 aliphatic heterocycles. The molecule has 0 saturated heterocycles. The van der Waals surface area contributed by atoms with E-state index in [9.17, 15) is 5.11 Å². The van der Waals surface area contributed by atoms with Crippen molar-refractivity contribution in [1.29, 1.82) is 0 Å². The minimum atomic E-state index is 0.432. The molecule has 17 heavy (non-hydrogen) atoms. The highest BCUT2D eigenvalue weighted by atomic mass is 16.3. The molecule has 1 heterocycles. The first-order valence-corrected chi connectivity index (χ1v) is 6.73. The lowest BCUT2D eigenvalue weighted by atomic mass is 10.1. The van der Waals surface area contributed by atoms with Crippen molar-refractivity contribution in [3.05, 3.63) is 11.4 Å². The Morgan fingerprint density at radius 1 is 1.18 bits per heavy atom. The summed E-state index contributed by atoms with van der Waals surface area (Å²) in [6.07, 6.45) is 2.78. The first-order chi connectivity index (χ1) is 7.95. The first-order valence-electron chi connectivity index (χ1n) is 6.73. The van der Waals surface area contributed by atoms with E-state index in [2.05, 4.69) is 39.7 Å². The first kappa shape index (κ1) is 14.1. The Bertz CT molecular complexity index is 353. The van der Waals surface area contributed by atoms with Crippen LogP contribution in [0.3, 0.4) is 0 Å². The van der Waals surface area contributed by atoms with Gasteiger partial charge in [0.1, 0.15) is 5.69 Å². The molecule has 0 atom stereocenters. The molecule has 0 aromatic carbocycles. The molecule has 0 amide bonds. The SMILES string of the molecule is CCCc1nn(CC(C)C)c(CC(C)C)c1O. The summed E-state index contributed by atoms with van der Waals surface area (Å²) in [4.78, 5) is 0. The Kier molecular flexibility index (Phi) is 5.03. The summed E-state index contributed by atoms with van der Waals surface area (Å²) >= 11 is 0. The lowest BCUT2D eigenvalue weighted by molar-refractivity contribution is 0.432. The summed E-state index contributed by atoms with van der Waals surface area (Å²) in [5, 5.41) is 14.8. The predicted octanol–water partition coefficient (Wildman–Crippen LogP) is 3.40. The van der Waals surface area contributed by atoms with E-state index < -0.39 is 0 Å². The standard InChI is InChI=1S/C14H26N2O/c1-6-7-12-14(17)13(8-10(2)3)16(15-12)9-11(4)5/h10-11,17H,6-9H2,1-5H3. The van der Waals surface area contributed by atoms with Crippen LogP contribution in [0.15, 0.2) is 0 Å². The molecule has 98 valence electrons. The fourth-order valence-electron chi connectivity index (χ4n) is 2.03. The van der Waals surface area contributed by atoms with Crippen LogP contribution in [-0.4, -0.2) is 14.9 Å². The van der Waals surface area contributed by atoms with Crippen molar-refractivity contribution in [2.45, 2.75) is 60.4 Å². The van der Waals surface area contributed by atoms with Crippen molar-refractivity contribution in [2.24, 2.45) is 11.8 Å². The van der Waals surface area contributed by atoms with Crippen LogP contribution in [0.5, 0.6) is 5.75 Å².